The maximum atomic E-state index is 14.8. The van der Waals surface area contributed by atoms with Crippen molar-refractivity contribution in [1.82, 2.24) is 19.6 Å². The topological polar surface area (TPSA) is 100 Å². The van der Waals surface area contributed by atoms with Crippen LogP contribution in [0.3, 0.4) is 0 Å². The summed E-state index contributed by atoms with van der Waals surface area (Å²) in [6.07, 6.45) is 3.77. The Labute approximate surface area is 343 Å². The second-order valence-corrected chi connectivity index (χ2v) is 15.1. The van der Waals surface area contributed by atoms with Gasteiger partial charge >= 0.3 is 0 Å². The summed E-state index contributed by atoms with van der Waals surface area (Å²) in [7, 11) is 1.97. The number of piperazine rings is 2. The molecule has 2 aliphatic heterocycles. The second kappa shape index (κ2) is 20.7. The number of amides is 3. The van der Waals surface area contributed by atoms with E-state index in [2.05, 4.69) is 46.2 Å². The minimum absolute atomic E-state index is 0.0532. The number of anilines is 2. The van der Waals surface area contributed by atoms with Crippen LogP contribution in [0.2, 0.25) is 0 Å². The fraction of sp³-hybridized carbons (Fsp3) is 0.383. The Bertz CT molecular complexity index is 1940. The second-order valence-electron chi connectivity index (χ2n) is 15.1. The Morgan fingerprint density at radius 3 is 2.02 bits per heavy atom. The van der Waals surface area contributed by atoms with Crippen LogP contribution in [0.25, 0.3) is 6.08 Å². The van der Waals surface area contributed by atoms with Crippen LogP contribution >= 0.6 is 0 Å². The highest BCUT2D eigenvalue weighted by atomic mass is 16.5. The molecule has 1 unspecified atom stereocenters. The van der Waals surface area contributed by atoms with Gasteiger partial charge in [-0.3, -0.25) is 19.3 Å². The van der Waals surface area contributed by atoms with Gasteiger partial charge in [0.15, 0.2) is 0 Å². The lowest BCUT2D eigenvalue weighted by Gasteiger charge is -2.39. The van der Waals surface area contributed by atoms with E-state index in [1.807, 2.05) is 95.4 Å². The first-order valence-corrected chi connectivity index (χ1v) is 20.5. The third-order valence-corrected chi connectivity index (χ3v) is 11.1. The van der Waals surface area contributed by atoms with E-state index in [4.69, 9.17) is 4.74 Å². The summed E-state index contributed by atoms with van der Waals surface area (Å²) in [4.78, 5) is 53.3. The van der Waals surface area contributed by atoms with Crippen molar-refractivity contribution in [3.05, 3.63) is 131 Å². The van der Waals surface area contributed by atoms with E-state index in [0.29, 0.717) is 45.8 Å². The van der Waals surface area contributed by atoms with Gasteiger partial charge in [0, 0.05) is 110 Å². The predicted molar refractivity (Wildman–Crippen MR) is 231 cm³/mol. The van der Waals surface area contributed by atoms with E-state index in [1.54, 1.807) is 24.0 Å². The molecule has 0 saturated carbocycles. The van der Waals surface area contributed by atoms with Crippen molar-refractivity contribution in [3.8, 4) is 5.75 Å². The minimum atomic E-state index is -0.728. The summed E-state index contributed by atoms with van der Waals surface area (Å²) in [6.45, 7) is 11.3. The lowest BCUT2D eigenvalue weighted by molar-refractivity contribution is -0.145. The van der Waals surface area contributed by atoms with Gasteiger partial charge in [0.1, 0.15) is 11.8 Å². The first kappa shape index (κ1) is 42.0. The average Bonchev–Trinajstić information content (AvgIpc) is 3.25. The summed E-state index contributed by atoms with van der Waals surface area (Å²) in [5.74, 6) is 0.579. The smallest absolute Gasteiger partial charge is 0.247 e. The molecule has 3 amide bonds. The van der Waals surface area contributed by atoms with Gasteiger partial charge in [0.25, 0.3) is 0 Å². The van der Waals surface area contributed by atoms with E-state index in [9.17, 15) is 19.5 Å². The van der Waals surface area contributed by atoms with Gasteiger partial charge < -0.3 is 34.3 Å². The molecular formula is C47H58N6O5. The molecule has 0 bridgehead atoms. The summed E-state index contributed by atoms with van der Waals surface area (Å²) in [6, 6.07) is 33.5. The molecule has 0 aliphatic carbocycles. The van der Waals surface area contributed by atoms with Crippen molar-refractivity contribution in [3.63, 3.8) is 0 Å². The molecule has 11 heteroatoms. The molecule has 2 heterocycles. The Hall–Kier alpha value is -5.65. The largest absolute Gasteiger partial charge is 0.494 e. The average molecular weight is 787 g/mol. The van der Waals surface area contributed by atoms with Crippen molar-refractivity contribution in [2.75, 3.05) is 89.0 Å². The van der Waals surface area contributed by atoms with Gasteiger partial charge in [0.05, 0.1) is 13.2 Å². The zero-order valence-corrected chi connectivity index (χ0v) is 34.2. The first-order chi connectivity index (χ1) is 28.2. The normalized spacial score (nSPS) is 15.3. The van der Waals surface area contributed by atoms with Crippen molar-refractivity contribution < 1.29 is 24.2 Å². The quantitative estimate of drug-likeness (QED) is 0.155. The van der Waals surface area contributed by atoms with Crippen LogP contribution in [0.5, 0.6) is 5.75 Å². The van der Waals surface area contributed by atoms with E-state index < -0.39 is 6.04 Å². The molecule has 4 aromatic rings. The molecule has 4 aromatic carbocycles. The first-order valence-electron chi connectivity index (χ1n) is 20.5. The molecule has 0 radical (unpaired) electrons. The number of aliphatic hydroxyl groups excluding tert-OH is 1. The van der Waals surface area contributed by atoms with Crippen LogP contribution < -0.4 is 14.5 Å². The van der Waals surface area contributed by atoms with Gasteiger partial charge in [-0.25, -0.2) is 0 Å². The van der Waals surface area contributed by atoms with E-state index >= 15 is 0 Å². The van der Waals surface area contributed by atoms with Gasteiger partial charge in [-0.15, -0.1) is 0 Å². The molecule has 2 saturated heterocycles. The third-order valence-electron chi connectivity index (χ3n) is 11.1. The van der Waals surface area contributed by atoms with Crippen LogP contribution in [0.15, 0.2) is 109 Å². The standard InChI is InChI=1S/C47H58N6O5/c1-4-58-44-21-14-38(15-22-44)16-23-46(56)53(36-41-12-19-43(20-13-41)51-30-28-50(29-31-51)37(2)55)45(34-39-8-6-5-7-9-39)47(57)52-26-24-49(25-27-52)35-40-10-17-42(18-11-40)48(3)32-33-54/h5-23,45,54H,4,24-36H2,1-3H3. The van der Waals surface area contributed by atoms with Crippen LogP contribution in [0, 0.1) is 0 Å². The SMILES string of the molecule is CCOc1ccc(C=CC(=O)N(Cc2ccc(N3CCN(C(C)=O)CC3)cc2)C(Cc2ccccc2)C(=O)N2CCN(Cc3ccc(N(C)CCO)cc3)CC2)cc1. The van der Waals surface area contributed by atoms with Crippen molar-refractivity contribution >= 4 is 35.2 Å². The molecule has 1 N–H and O–H groups in total. The highest BCUT2D eigenvalue weighted by molar-refractivity contribution is 5.96. The highest BCUT2D eigenvalue weighted by Crippen LogP contribution is 2.23. The molecule has 1 atom stereocenters. The van der Waals surface area contributed by atoms with Crippen LogP contribution in [-0.4, -0.2) is 128 Å². The summed E-state index contributed by atoms with van der Waals surface area (Å²) < 4.78 is 5.61. The number of carbonyl (C=O) groups excluding carboxylic acids is 3. The monoisotopic (exact) mass is 786 g/mol. The van der Waals surface area contributed by atoms with Crippen molar-refractivity contribution in [1.29, 1.82) is 0 Å². The van der Waals surface area contributed by atoms with Gasteiger partial charge in [0.2, 0.25) is 17.7 Å². The zero-order valence-electron chi connectivity index (χ0n) is 34.2. The number of aliphatic hydroxyl groups is 1. The molecule has 0 spiro atoms. The Balaban J connectivity index is 1.21. The summed E-state index contributed by atoms with van der Waals surface area (Å²) in [5.41, 5.74) is 6.11. The van der Waals surface area contributed by atoms with Crippen LogP contribution in [-0.2, 0) is 33.9 Å². The molecule has 2 fully saturated rings. The fourth-order valence-electron chi connectivity index (χ4n) is 7.63. The number of carbonyl (C=O) groups is 3. The maximum absolute atomic E-state index is 14.8. The Morgan fingerprint density at radius 1 is 0.759 bits per heavy atom. The van der Waals surface area contributed by atoms with Crippen molar-refractivity contribution in [2.45, 2.75) is 39.4 Å². The lowest BCUT2D eigenvalue weighted by Crippen LogP contribution is -2.56. The number of hydrogen-bond acceptors (Lipinski definition) is 8. The van der Waals surface area contributed by atoms with E-state index in [0.717, 1.165) is 66.5 Å². The molecule has 11 nitrogen and oxygen atoms in total. The number of hydrogen-bond donors (Lipinski definition) is 1. The molecule has 58 heavy (non-hydrogen) atoms. The Kier molecular flexibility index (Phi) is 15.0. The molecular weight excluding hydrogens is 729 g/mol. The molecule has 306 valence electrons. The third kappa shape index (κ3) is 11.5. The maximum Gasteiger partial charge on any atom is 0.247 e. The van der Waals surface area contributed by atoms with E-state index in [1.165, 1.54) is 5.56 Å². The minimum Gasteiger partial charge on any atom is -0.494 e. The fourth-order valence-corrected chi connectivity index (χ4v) is 7.63. The summed E-state index contributed by atoms with van der Waals surface area (Å²) in [5, 5.41) is 9.31. The van der Waals surface area contributed by atoms with Gasteiger partial charge in [-0.2, -0.15) is 0 Å². The van der Waals surface area contributed by atoms with Gasteiger partial charge in [-0.05, 0) is 71.7 Å². The Morgan fingerprint density at radius 2 is 1.40 bits per heavy atom. The number of nitrogens with zero attached hydrogens (tertiary/aromatic N) is 6. The number of likely N-dealkylation sites (N-methyl/N-ethyl adjacent to an activating group) is 1. The highest BCUT2D eigenvalue weighted by Gasteiger charge is 2.34. The van der Waals surface area contributed by atoms with Crippen molar-refractivity contribution in [2.24, 2.45) is 0 Å². The number of benzene rings is 4. The molecule has 2 aliphatic rings. The van der Waals surface area contributed by atoms with Crippen LogP contribution in [0.4, 0.5) is 11.4 Å². The molecule has 6 rings (SSSR count). The van der Waals surface area contributed by atoms with E-state index in [-0.39, 0.29) is 30.9 Å². The zero-order chi connectivity index (χ0) is 40.9. The molecule has 0 aromatic heterocycles. The van der Waals surface area contributed by atoms with Crippen LogP contribution in [0.1, 0.15) is 36.1 Å². The summed E-state index contributed by atoms with van der Waals surface area (Å²) >= 11 is 0. The number of rotatable bonds is 16. The number of ether oxygens (including phenoxy) is 1. The van der Waals surface area contributed by atoms with Gasteiger partial charge in [-0.1, -0.05) is 66.7 Å². The predicted octanol–water partition coefficient (Wildman–Crippen LogP) is 5.18. The lowest BCUT2D eigenvalue weighted by atomic mass is 10.0.